The number of amides is 1. The molecule has 0 bridgehead atoms. The molecule has 0 saturated carbocycles. The lowest BCUT2D eigenvalue weighted by molar-refractivity contribution is -0.116. The molecule has 0 fully saturated rings. The average molecular weight is 448 g/mol. The third-order valence-corrected chi connectivity index (χ3v) is 5.71. The predicted octanol–water partition coefficient (Wildman–Crippen LogP) is 5.00. The average Bonchev–Trinajstić information content (AvgIpc) is 3.23. The van der Waals surface area contributed by atoms with E-state index in [4.69, 9.17) is 0 Å². The van der Waals surface area contributed by atoms with Gasteiger partial charge in [-0.25, -0.2) is 4.39 Å². The Morgan fingerprint density at radius 3 is 2.34 bits per heavy atom. The van der Waals surface area contributed by atoms with E-state index >= 15 is 0 Å². The zero-order chi connectivity index (χ0) is 22.5. The number of benzene rings is 2. The number of pyridine rings is 1. The fourth-order valence-electron chi connectivity index (χ4n) is 3.39. The van der Waals surface area contributed by atoms with Crippen LogP contribution in [0.4, 0.5) is 10.1 Å². The second kappa shape index (κ2) is 9.74. The van der Waals surface area contributed by atoms with Crippen molar-refractivity contribution in [2.24, 2.45) is 0 Å². The number of para-hydroxylation sites is 1. The molecule has 0 radical (unpaired) electrons. The number of carbonyl (C=O) groups excluding carboxylic acids is 1. The molecule has 0 saturated heterocycles. The van der Waals surface area contributed by atoms with Gasteiger partial charge in [0.05, 0.1) is 5.75 Å². The summed E-state index contributed by atoms with van der Waals surface area (Å²) in [5.41, 5.74) is 2.38. The largest absolute Gasteiger partial charge is 0.309 e. The summed E-state index contributed by atoms with van der Waals surface area (Å²) in [6.07, 6.45) is 3.35. The molecule has 8 heteroatoms. The van der Waals surface area contributed by atoms with Gasteiger partial charge in [0.25, 0.3) is 0 Å². The van der Waals surface area contributed by atoms with E-state index in [0.29, 0.717) is 16.7 Å². The van der Waals surface area contributed by atoms with Crippen molar-refractivity contribution < 1.29 is 9.18 Å². The number of thioether (sulfide) groups is 1. The van der Waals surface area contributed by atoms with Gasteiger partial charge in [-0.15, -0.1) is 10.2 Å². The Bertz CT molecular complexity index is 1180. The molecule has 2 aromatic carbocycles. The molecule has 4 rings (SSSR count). The van der Waals surface area contributed by atoms with Crippen LogP contribution in [0.5, 0.6) is 0 Å². The van der Waals surface area contributed by atoms with Crippen molar-refractivity contribution in [2.45, 2.75) is 25.0 Å². The Balaban J connectivity index is 1.64. The van der Waals surface area contributed by atoms with E-state index in [1.54, 1.807) is 29.4 Å². The van der Waals surface area contributed by atoms with Gasteiger partial charge < -0.3 is 4.90 Å². The summed E-state index contributed by atoms with van der Waals surface area (Å²) in [4.78, 5) is 18.9. The van der Waals surface area contributed by atoms with Crippen LogP contribution in [-0.2, 0) is 4.79 Å². The molecule has 4 aromatic rings. The Kier molecular flexibility index (Phi) is 6.61. The van der Waals surface area contributed by atoms with E-state index in [0.717, 1.165) is 11.3 Å². The van der Waals surface area contributed by atoms with Gasteiger partial charge in [0.2, 0.25) is 5.91 Å². The Morgan fingerprint density at radius 1 is 1.00 bits per heavy atom. The Labute approximate surface area is 190 Å². The third kappa shape index (κ3) is 4.70. The number of anilines is 1. The minimum Gasteiger partial charge on any atom is -0.309 e. The van der Waals surface area contributed by atoms with Gasteiger partial charge in [-0.2, -0.15) is 0 Å². The number of aromatic nitrogens is 4. The molecule has 0 aliphatic rings. The lowest BCUT2D eigenvalue weighted by atomic mass is 10.2. The smallest absolute Gasteiger partial charge is 0.237 e. The van der Waals surface area contributed by atoms with Crippen LogP contribution in [0, 0.1) is 5.82 Å². The monoisotopic (exact) mass is 447 g/mol. The molecule has 0 aliphatic carbocycles. The number of hydrogen-bond acceptors (Lipinski definition) is 5. The lowest BCUT2D eigenvalue weighted by Crippen LogP contribution is -2.38. The molecule has 2 heterocycles. The molecule has 0 aliphatic heterocycles. The van der Waals surface area contributed by atoms with E-state index in [1.807, 2.05) is 60.9 Å². The van der Waals surface area contributed by atoms with Crippen LogP contribution < -0.4 is 4.90 Å². The summed E-state index contributed by atoms with van der Waals surface area (Å²) in [5, 5.41) is 9.23. The number of hydrogen-bond donors (Lipinski definition) is 0. The van der Waals surface area contributed by atoms with Gasteiger partial charge in [0, 0.05) is 35.4 Å². The topological polar surface area (TPSA) is 63.9 Å². The predicted molar refractivity (Wildman–Crippen MR) is 124 cm³/mol. The van der Waals surface area contributed by atoms with Crippen LogP contribution in [0.1, 0.15) is 13.8 Å². The molecule has 162 valence electrons. The first kappa shape index (κ1) is 21.7. The molecule has 1 amide bonds. The van der Waals surface area contributed by atoms with E-state index in [9.17, 15) is 9.18 Å². The minimum atomic E-state index is -0.327. The zero-order valence-corrected chi connectivity index (χ0v) is 18.5. The molecule has 0 atom stereocenters. The fourth-order valence-corrected chi connectivity index (χ4v) is 4.20. The van der Waals surface area contributed by atoms with Crippen LogP contribution in [0.3, 0.4) is 0 Å². The van der Waals surface area contributed by atoms with Crippen LogP contribution >= 0.6 is 11.8 Å². The van der Waals surface area contributed by atoms with E-state index in [-0.39, 0.29) is 23.5 Å². The number of carbonyl (C=O) groups is 1. The summed E-state index contributed by atoms with van der Waals surface area (Å²) in [6, 6.07) is 19.4. The molecular weight excluding hydrogens is 425 g/mol. The number of rotatable bonds is 7. The molecule has 0 spiro atoms. The quantitative estimate of drug-likeness (QED) is 0.373. The van der Waals surface area contributed by atoms with Crippen molar-refractivity contribution >= 4 is 23.4 Å². The van der Waals surface area contributed by atoms with Crippen molar-refractivity contribution in [3.63, 3.8) is 0 Å². The first-order chi connectivity index (χ1) is 15.5. The molecular formula is C24H22FN5OS. The summed E-state index contributed by atoms with van der Waals surface area (Å²) in [7, 11) is 0. The van der Waals surface area contributed by atoms with Gasteiger partial charge in [0.15, 0.2) is 11.0 Å². The number of halogens is 1. The van der Waals surface area contributed by atoms with Crippen molar-refractivity contribution in [3.8, 4) is 17.1 Å². The van der Waals surface area contributed by atoms with Gasteiger partial charge in [-0.3, -0.25) is 14.3 Å². The van der Waals surface area contributed by atoms with Crippen molar-refractivity contribution in [2.75, 3.05) is 10.7 Å². The highest BCUT2D eigenvalue weighted by Gasteiger charge is 2.22. The molecule has 32 heavy (non-hydrogen) atoms. The number of nitrogens with zero attached hydrogens (tertiary/aromatic N) is 5. The van der Waals surface area contributed by atoms with Gasteiger partial charge in [-0.05, 0) is 62.4 Å². The standard InChI is InChI=1S/C24H22FN5OS/c1-17(2)29(20-6-4-3-5-7-20)22(31)16-32-24-28-27-23(18-12-14-26-15-13-18)30(24)21-10-8-19(25)9-11-21/h3-15,17H,16H2,1-2H3. The highest BCUT2D eigenvalue weighted by molar-refractivity contribution is 7.99. The van der Waals surface area contributed by atoms with Crippen LogP contribution in [0.25, 0.3) is 17.1 Å². The maximum atomic E-state index is 13.5. The second-order valence-corrected chi connectivity index (χ2v) is 8.28. The highest BCUT2D eigenvalue weighted by Crippen LogP contribution is 2.28. The van der Waals surface area contributed by atoms with E-state index in [1.165, 1.54) is 23.9 Å². The van der Waals surface area contributed by atoms with Crippen molar-refractivity contribution in [3.05, 3.63) is 84.9 Å². The Hall–Kier alpha value is -3.52. The summed E-state index contributed by atoms with van der Waals surface area (Å²) < 4.78 is 15.4. The van der Waals surface area contributed by atoms with Crippen LogP contribution in [-0.4, -0.2) is 37.5 Å². The Morgan fingerprint density at radius 2 is 1.69 bits per heavy atom. The minimum absolute atomic E-state index is 0.00727. The maximum Gasteiger partial charge on any atom is 0.237 e. The lowest BCUT2D eigenvalue weighted by Gasteiger charge is -2.26. The molecule has 0 unspecified atom stereocenters. The maximum absolute atomic E-state index is 13.5. The van der Waals surface area contributed by atoms with Crippen LogP contribution in [0.2, 0.25) is 0 Å². The molecule has 6 nitrogen and oxygen atoms in total. The van der Waals surface area contributed by atoms with Gasteiger partial charge in [-0.1, -0.05) is 30.0 Å². The molecule has 2 aromatic heterocycles. The van der Waals surface area contributed by atoms with E-state index in [2.05, 4.69) is 15.2 Å². The van der Waals surface area contributed by atoms with Gasteiger partial charge in [0.1, 0.15) is 5.82 Å². The highest BCUT2D eigenvalue weighted by atomic mass is 32.2. The zero-order valence-electron chi connectivity index (χ0n) is 17.7. The summed E-state index contributed by atoms with van der Waals surface area (Å²) in [5.74, 6) is 0.420. The van der Waals surface area contributed by atoms with Crippen molar-refractivity contribution in [1.82, 2.24) is 19.7 Å². The van der Waals surface area contributed by atoms with Crippen molar-refractivity contribution in [1.29, 1.82) is 0 Å². The first-order valence-electron chi connectivity index (χ1n) is 10.2. The van der Waals surface area contributed by atoms with Gasteiger partial charge >= 0.3 is 0 Å². The first-order valence-corrected chi connectivity index (χ1v) is 11.1. The summed E-state index contributed by atoms with van der Waals surface area (Å²) in [6.45, 7) is 3.97. The molecule has 0 N–H and O–H groups in total. The third-order valence-electron chi connectivity index (χ3n) is 4.80. The second-order valence-electron chi connectivity index (χ2n) is 7.34. The fraction of sp³-hybridized carbons (Fsp3) is 0.167. The normalized spacial score (nSPS) is 11.0. The van der Waals surface area contributed by atoms with Crippen LogP contribution in [0.15, 0.2) is 84.3 Å². The summed E-state index contributed by atoms with van der Waals surface area (Å²) >= 11 is 1.30. The SMILES string of the molecule is CC(C)N(C(=O)CSc1nnc(-c2ccncc2)n1-c1ccc(F)cc1)c1ccccc1. The van der Waals surface area contributed by atoms with E-state index < -0.39 is 0 Å².